The summed E-state index contributed by atoms with van der Waals surface area (Å²) < 4.78 is 32.8. The van der Waals surface area contributed by atoms with Gasteiger partial charge < -0.3 is 9.64 Å². The van der Waals surface area contributed by atoms with E-state index in [4.69, 9.17) is 4.74 Å². The number of amides is 1. The summed E-state index contributed by atoms with van der Waals surface area (Å²) in [7, 11) is -0.503. The van der Waals surface area contributed by atoms with Crippen LogP contribution in [0, 0.1) is 0 Å². The molecule has 0 aliphatic carbocycles. The summed E-state index contributed by atoms with van der Waals surface area (Å²) >= 11 is 1.66. The standard InChI is InChI=1S/C23H24N2O4S2/c1-25(16-17-4-12-21(30-3)13-5-17)23(26)18-6-14-22(15-7-18)31(27,28)24-19-8-10-20(29-2)11-9-19/h4-15,24H,16H2,1-3H3. The minimum absolute atomic E-state index is 0.0789. The van der Waals surface area contributed by atoms with E-state index in [9.17, 15) is 13.2 Å². The van der Waals surface area contributed by atoms with Crippen LogP contribution in [0.2, 0.25) is 0 Å². The van der Waals surface area contributed by atoms with E-state index < -0.39 is 10.0 Å². The fourth-order valence-corrected chi connectivity index (χ4v) is 4.41. The van der Waals surface area contributed by atoms with E-state index in [1.54, 1.807) is 55.1 Å². The molecule has 3 rings (SSSR count). The van der Waals surface area contributed by atoms with Gasteiger partial charge in [-0.25, -0.2) is 8.42 Å². The van der Waals surface area contributed by atoms with E-state index in [0.29, 0.717) is 23.5 Å². The summed E-state index contributed by atoms with van der Waals surface area (Å²) in [4.78, 5) is 15.6. The highest BCUT2D eigenvalue weighted by molar-refractivity contribution is 7.98. The number of benzene rings is 3. The van der Waals surface area contributed by atoms with Gasteiger partial charge in [-0.3, -0.25) is 9.52 Å². The largest absolute Gasteiger partial charge is 0.497 e. The highest BCUT2D eigenvalue weighted by atomic mass is 32.2. The van der Waals surface area contributed by atoms with Gasteiger partial charge >= 0.3 is 0 Å². The molecule has 0 saturated carbocycles. The average molecular weight is 457 g/mol. The first-order valence-corrected chi connectivity index (χ1v) is 12.2. The Morgan fingerprint density at radius 1 is 0.968 bits per heavy atom. The Kier molecular flexibility index (Phi) is 7.25. The molecule has 0 fully saturated rings. The molecule has 8 heteroatoms. The molecule has 162 valence electrons. The van der Waals surface area contributed by atoms with E-state index in [-0.39, 0.29) is 10.8 Å². The number of hydrogen-bond donors (Lipinski definition) is 1. The monoisotopic (exact) mass is 456 g/mol. The molecule has 0 spiro atoms. The van der Waals surface area contributed by atoms with Crippen LogP contribution < -0.4 is 9.46 Å². The van der Waals surface area contributed by atoms with Gasteiger partial charge in [-0.1, -0.05) is 12.1 Å². The molecule has 0 heterocycles. The first-order chi connectivity index (χ1) is 14.8. The average Bonchev–Trinajstić information content (AvgIpc) is 2.79. The molecule has 0 aliphatic rings. The predicted molar refractivity (Wildman–Crippen MR) is 124 cm³/mol. The third kappa shape index (κ3) is 5.80. The molecule has 31 heavy (non-hydrogen) atoms. The third-order valence-electron chi connectivity index (χ3n) is 4.68. The summed E-state index contributed by atoms with van der Waals surface area (Å²) in [5.41, 5.74) is 1.87. The number of carbonyl (C=O) groups excluding carboxylic acids is 1. The lowest BCUT2D eigenvalue weighted by Gasteiger charge is -2.18. The summed E-state index contributed by atoms with van der Waals surface area (Å²) in [5, 5.41) is 0. The number of sulfonamides is 1. The number of thioether (sulfide) groups is 1. The van der Waals surface area contributed by atoms with Crippen molar-refractivity contribution in [1.29, 1.82) is 0 Å². The fraction of sp³-hybridized carbons (Fsp3) is 0.174. The highest BCUT2D eigenvalue weighted by Gasteiger charge is 2.17. The molecule has 3 aromatic rings. The van der Waals surface area contributed by atoms with Crippen molar-refractivity contribution >= 4 is 33.4 Å². The van der Waals surface area contributed by atoms with E-state index in [2.05, 4.69) is 4.72 Å². The van der Waals surface area contributed by atoms with Crippen LogP contribution in [0.5, 0.6) is 5.75 Å². The number of nitrogens with one attached hydrogen (secondary N) is 1. The number of anilines is 1. The Balaban J connectivity index is 1.67. The number of hydrogen-bond acceptors (Lipinski definition) is 5. The molecule has 0 aromatic heterocycles. The molecule has 0 saturated heterocycles. The quantitative estimate of drug-likeness (QED) is 0.506. The SMILES string of the molecule is COc1ccc(NS(=O)(=O)c2ccc(C(=O)N(C)Cc3ccc(SC)cc3)cc2)cc1. The molecular weight excluding hydrogens is 432 g/mol. The van der Waals surface area contributed by atoms with Crippen LogP contribution in [-0.4, -0.2) is 39.6 Å². The lowest BCUT2D eigenvalue weighted by Crippen LogP contribution is -2.26. The highest BCUT2D eigenvalue weighted by Crippen LogP contribution is 2.20. The van der Waals surface area contributed by atoms with Gasteiger partial charge in [0.2, 0.25) is 0 Å². The number of methoxy groups -OCH3 is 1. The second-order valence-electron chi connectivity index (χ2n) is 6.87. The normalized spacial score (nSPS) is 11.1. The van der Waals surface area contributed by atoms with Crippen molar-refractivity contribution < 1.29 is 17.9 Å². The van der Waals surface area contributed by atoms with E-state index in [1.165, 1.54) is 24.3 Å². The minimum atomic E-state index is -3.77. The van der Waals surface area contributed by atoms with Crippen LogP contribution >= 0.6 is 11.8 Å². The molecule has 0 atom stereocenters. The van der Waals surface area contributed by atoms with Crippen LogP contribution in [-0.2, 0) is 16.6 Å². The van der Waals surface area contributed by atoms with Crippen molar-refractivity contribution in [1.82, 2.24) is 4.90 Å². The number of ether oxygens (including phenoxy) is 1. The van der Waals surface area contributed by atoms with Gasteiger partial charge in [0.25, 0.3) is 15.9 Å². The molecule has 0 bridgehead atoms. The molecule has 0 radical (unpaired) electrons. The van der Waals surface area contributed by atoms with Gasteiger partial charge in [0, 0.05) is 29.7 Å². The topological polar surface area (TPSA) is 75.7 Å². The Labute approximate surface area is 187 Å². The predicted octanol–water partition coefficient (Wildman–Crippen LogP) is 4.49. The summed E-state index contributed by atoms with van der Waals surface area (Å²) in [5.74, 6) is 0.455. The van der Waals surface area contributed by atoms with Crippen LogP contribution in [0.25, 0.3) is 0 Å². The zero-order valence-electron chi connectivity index (χ0n) is 17.5. The molecule has 0 aliphatic heterocycles. The van der Waals surface area contributed by atoms with Gasteiger partial charge in [0.05, 0.1) is 12.0 Å². The fourth-order valence-electron chi connectivity index (χ4n) is 2.95. The number of rotatable bonds is 8. The van der Waals surface area contributed by atoms with Gasteiger partial charge in [-0.2, -0.15) is 0 Å². The molecule has 3 aromatic carbocycles. The zero-order chi connectivity index (χ0) is 22.4. The van der Waals surface area contributed by atoms with E-state index in [0.717, 1.165) is 10.5 Å². The van der Waals surface area contributed by atoms with E-state index >= 15 is 0 Å². The van der Waals surface area contributed by atoms with Crippen molar-refractivity contribution in [2.24, 2.45) is 0 Å². The lowest BCUT2D eigenvalue weighted by atomic mass is 10.1. The molecular formula is C23H24N2O4S2. The van der Waals surface area contributed by atoms with E-state index in [1.807, 2.05) is 30.5 Å². The molecule has 1 amide bonds. The Morgan fingerprint density at radius 2 is 1.58 bits per heavy atom. The van der Waals surface area contributed by atoms with Gasteiger partial charge in [0.1, 0.15) is 5.75 Å². The molecule has 6 nitrogen and oxygen atoms in total. The lowest BCUT2D eigenvalue weighted by molar-refractivity contribution is 0.0785. The Morgan fingerprint density at radius 3 is 2.13 bits per heavy atom. The second kappa shape index (κ2) is 9.89. The first-order valence-electron chi connectivity index (χ1n) is 9.48. The Bertz CT molecular complexity index is 1130. The van der Waals surface area contributed by atoms with Crippen molar-refractivity contribution in [3.05, 3.63) is 83.9 Å². The maximum atomic E-state index is 12.7. The maximum Gasteiger partial charge on any atom is 0.261 e. The summed E-state index contributed by atoms with van der Waals surface area (Å²) in [6.45, 7) is 0.465. The van der Waals surface area contributed by atoms with Crippen LogP contribution in [0.3, 0.4) is 0 Å². The van der Waals surface area contributed by atoms with Crippen molar-refractivity contribution in [3.63, 3.8) is 0 Å². The van der Waals surface area contributed by atoms with Gasteiger partial charge in [-0.05, 0) is 72.5 Å². The van der Waals surface area contributed by atoms with Gasteiger partial charge in [-0.15, -0.1) is 11.8 Å². The second-order valence-corrected chi connectivity index (χ2v) is 9.43. The Hall–Kier alpha value is -2.97. The van der Waals surface area contributed by atoms with Crippen molar-refractivity contribution in [2.45, 2.75) is 16.3 Å². The van der Waals surface area contributed by atoms with Crippen molar-refractivity contribution in [3.8, 4) is 5.75 Å². The zero-order valence-corrected chi connectivity index (χ0v) is 19.2. The van der Waals surface area contributed by atoms with Crippen LogP contribution in [0.4, 0.5) is 5.69 Å². The van der Waals surface area contributed by atoms with Crippen molar-refractivity contribution in [2.75, 3.05) is 25.1 Å². The van der Waals surface area contributed by atoms with Crippen LogP contribution in [0.1, 0.15) is 15.9 Å². The third-order valence-corrected chi connectivity index (χ3v) is 6.82. The number of nitrogens with zero attached hydrogens (tertiary/aromatic N) is 1. The maximum absolute atomic E-state index is 12.7. The number of carbonyl (C=O) groups is 1. The minimum Gasteiger partial charge on any atom is -0.497 e. The smallest absolute Gasteiger partial charge is 0.261 e. The molecule has 1 N–H and O–H groups in total. The van der Waals surface area contributed by atoms with Crippen LogP contribution in [0.15, 0.2) is 82.6 Å². The summed E-state index contributed by atoms with van der Waals surface area (Å²) in [6.07, 6.45) is 2.01. The molecule has 0 unspecified atom stereocenters. The summed E-state index contributed by atoms with van der Waals surface area (Å²) in [6, 6.07) is 20.5. The van der Waals surface area contributed by atoms with Gasteiger partial charge in [0.15, 0.2) is 0 Å². The first kappa shape index (κ1) is 22.7.